The predicted octanol–water partition coefficient (Wildman–Crippen LogP) is -3.32. The van der Waals surface area contributed by atoms with Gasteiger partial charge in [-0.1, -0.05) is 51.1 Å². The normalized spacial score (nSPS) is 19.3. The molecule has 2 atom stereocenters. The van der Waals surface area contributed by atoms with Gasteiger partial charge < -0.3 is 25.3 Å². The summed E-state index contributed by atoms with van der Waals surface area (Å²) in [6.45, 7) is 5.54. The molecule has 1 aromatic rings. The first-order chi connectivity index (χ1) is 14.6. The molecule has 1 aromatic carbocycles. The second kappa shape index (κ2) is 10.5. The van der Waals surface area contributed by atoms with Crippen molar-refractivity contribution in [1.29, 1.82) is 0 Å². The first kappa shape index (κ1) is 25.9. The second-order valence-electron chi connectivity index (χ2n) is 8.60. The molecular weight excluding hydrogens is 425 g/mol. The third kappa shape index (κ3) is 5.70. The van der Waals surface area contributed by atoms with Crippen LogP contribution in [0.15, 0.2) is 41.8 Å². The van der Waals surface area contributed by atoms with Gasteiger partial charge in [0.05, 0.1) is 12.4 Å². The fourth-order valence-corrected chi connectivity index (χ4v) is 3.56. The molecule has 0 saturated carbocycles. The molecule has 3 rings (SSSR count). The van der Waals surface area contributed by atoms with Crippen molar-refractivity contribution < 1.29 is 58.6 Å². The summed E-state index contributed by atoms with van der Waals surface area (Å²) in [5.41, 5.74) is 0.0260. The Labute approximate surface area is 208 Å². The van der Waals surface area contributed by atoms with E-state index in [9.17, 15) is 24.3 Å². The van der Waals surface area contributed by atoms with Crippen LogP contribution in [-0.2, 0) is 30.3 Å². The molecule has 0 aliphatic carbocycles. The van der Waals surface area contributed by atoms with Gasteiger partial charge in [0, 0.05) is 24.9 Å². The average Bonchev–Trinajstić information content (AvgIpc) is 3.05. The minimum absolute atomic E-state index is 0. The maximum atomic E-state index is 12.4. The van der Waals surface area contributed by atoms with Crippen molar-refractivity contribution in [3.05, 3.63) is 47.4 Å². The number of rotatable bonds is 8. The van der Waals surface area contributed by atoms with Crippen molar-refractivity contribution in [3.8, 4) is 0 Å². The van der Waals surface area contributed by atoms with Crippen LogP contribution in [0.4, 0.5) is 0 Å². The molecule has 1 fully saturated rings. The number of hydrogen-bond acceptors (Lipinski definition) is 6. The Morgan fingerprint density at radius 2 is 1.75 bits per heavy atom. The number of nitrogens with one attached hydrogen (secondary N) is 2. The Kier molecular flexibility index (Phi) is 8.50. The zero-order valence-corrected chi connectivity index (χ0v) is 20.8. The molecule has 2 heterocycles. The van der Waals surface area contributed by atoms with Crippen molar-refractivity contribution >= 4 is 23.7 Å². The zero-order chi connectivity index (χ0) is 22.8. The molecule has 166 valence electrons. The molecule has 32 heavy (non-hydrogen) atoms. The van der Waals surface area contributed by atoms with Crippen LogP contribution in [0.2, 0.25) is 0 Å². The molecule has 0 radical (unpaired) electrons. The molecule has 0 unspecified atom stereocenters. The number of allylic oxidation sites excluding steroid dienone is 1. The van der Waals surface area contributed by atoms with Gasteiger partial charge in [0.2, 0.25) is 17.7 Å². The number of benzene rings is 1. The predicted molar refractivity (Wildman–Crippen MR) is 107 cm³/mol. The maximum Gasteiger partial charge on any atom is 1.00 e. The van der Waals surface area contributed by atoms with Crippen LogP contribution >= 0.6 is 0 Å². The molecule has 3 amide bonds. The number of aliphatic carboxylic acids is 1. The number of carbonyl (C=O) groups is 4. The van der Waals surface area contributed by atoms with E-state index >= 15 is 0 Å². The van der Waals surface area contributed by atoms with E-state index in [-0.39, 0.29) is 78.8 Å². The van der Waals surface area contributed by atoms with Crippen molar-refractivity contribution in [2.24, 2.45) is 11.3 Å². The number of carboxylic acid groups (broad SMARTS) is 1. The van der Waals surface area contributed by atoms with Crippen LogP contribution < -0.4 is 45.3 Å². The minimum atomic E-state index is -1.46. The van der Waals surface area contributed by atoms with Crippen LogP contribution in [0.5, 0.6) is 0 Å². The van der Waals surface area contributed by atoms with E-state index in [1.54, 1.807) is 20.8 Å². The van der Waals surface area contributed by atoms with Gasteiger partial charge in [-0.3, -0.25) is 19.3 Å². The molecule has 1 saturated heterocycles. The van der Waals surface area contributed by atoms with E-state index < -0.39 is 29.4 Å². The van der Waals surface area contributed by atoms with Crippen molar-refractivity contribution in [3.63, 3.8) is 0 Å². The molecule has 2 aliphatic heterocycles. The SMILES string of the molecule is CC(C)(C)C1=C(C(=O)[O-])N2C(=O)[C@H](CNC(=O)CCNC(=O)Cc3ccccc3)[C@H]2O1.[Na+]. The third-order valence-corrected chi connectivity index (χ3v) is 5.12. The molecule has 0 bridgehead atoms. The quantitative estimate of drug-likeness (QED) is 0.315. The van der Waals surface area contributed by atoms with Crippen LogP contribution in [0.1, 0.15) is 32.8 Å². The van der Waals surface area contributed by atoms with Gasteiger partial charge in [-0.2, -0.15) is 0 Å². The van der Waals surface area contributed by atoms with Crippen LogP contribution in [0.25, 0.3) is 0 Å². The smallest absolute Gasteiger partial charge is 0.543 e. The maximum absolute atomic E-state index is 12.4. The summed E-state index contributed by atoms with van der Waals surface area (Å²) in [6.07, 6.45) is -0.468. The molecule has 0 aromatic heterocycles. The Hall–Kier alpha value is -2.36. The topological polar surface area (TPSA) is 128 Å². The van der Waals surface area contributed by atoms with Gasteiger partial charge in [0.25, 0.3) is 0 Å². The fraction of sp³-hybridized carbons (Fsp3) is 0.455. The van der Waals surface area contributed by atoms with E-state index in [0.29, 0.717) is 0 Å². The minimum Gasteiger partial charge on any atom is -0.543 e. The summed E-state index contributed by atoms with van der Waals surface area (Å²) in [5, 5.41) is 16.8. The Morgan fingerprint density at radius 3 is 2.34 bits per heavy atom. The summed E-state index contributed by atoms with van der Waals surface area (Å²) in [4.78, 5) is 49.0. The fourth-order valence-electron chi connectivity index (χ4n) is 3.56. The van der Waals surface area contributed by atoms with Crippen LogP contribution in [-0.4, -0.2) is 47.9 Å². The molecule has 10 heteroatoms. The second-order valence-corrected chi connectivity index (χ2v) is 8.60. The van der Waals surface area contributed by atoms with Crippen molar-refractivity contribution in [2.75, 3.05) is 13.1 Å². The number of β-lactam (4-membered cyclic amide) rings is 1. The van der Waals surface area contributed by atoms with E-state index in [2.05, 4.69) is 10.6 Å². The van der Waals surface area contributed by atoms with E-state index in [4.69, 9.17) is 4.74 Å². The summed E-state index contributed by atoms with van der Waals surface area (Å²) in [7, 11) is 0. The van der Waals surface area contributed by atoms with E-state index in [0.717, 1.165) is 10.5 Å². The standard InChI is InChI=1S/C22H27N3O6.Na/c1-22(2,3)18-17(21(29)30)25-19(28)14(20(25)31-18)12-24-15(26)9-10-23-16(27)11-13-7-5-4-6-8-13;/h4-8,14,20H,9-12H2,1-3H3,(H,23,27)(H,24,26)(H,29,30);/q;+1/p-1/t14-,20+;/m0./s1. The largest absolute Gasteiger partial charge is 1.00 e. The van der Waals surface area contributed by atoms with Gasteiger partial charge in [-0.25, -0.2) is 0 Å². The number of carbonyl (C=O) groups excluding carboxylic acids is 4. The van der Waals surface area contributed by atoms with Crippen molar-refractivity contribution in [2.45, 2.75) is 39.8 Å². The molecule has 2 aliphatic rings. The Morgan fingerprint density at radius 1 is 1.09 bits per heavy atom. The van der Waals surface area contributed by atoms with Crippen LogP contribution in [0, 0.1) is 11.3 Å². The number of amides is 3. The number of fused-ring (bicyclic) bond motifs is 1. The number of nitrogens with zero attached hydrogens (tertiary/aromatic N) is 1. The van der Waals surface area contributed by atoms with E-state index in [1.165, 1.54) is 0 Å². The van der Waals surface area contributed by atoms with Gasteiger partial charge in [0.15, 0.2) is 6.23 Å². The van der Waals surface area contributed by atoms with E-state index in [1.807, 2.05) is 30.3 Å². The summed E-state index contributed by atoms with van der Waals surface area (Å²) < 4.78 is 5.74. The van der Waals surface area contributed by atoms with Gasteiger partial charge in [-0.05, 0) is 5.56 Å². The molecule has 2 N–H and O–H groups in total. The summed E-state index contributed by atoms with van der Waals surface area (Å²) >= 11 is 0. The Bertz CT molecular complexity index is 925. The summed E-state index contributed by atoms with van der Waals surface area (Å²) in [6, 6.07) is 9.27. The van der Waals surface area contributed by atoms with Gasteiger partial charge in [-0.15, -0.1) is 0 Å². The number of carboxylic acids is 1. The molecular formula is C22H26N3NaO6. The molecule has 9 nitrogen and oxygen atoms in total. The monoisotopic (exact) mass is 451 g/mol. The first-order valence-corrected chi connectivity index (χ1v) is 10.1. The number of hydrogen-bond donors (Lipinski definition) is 2. The van der Waals surface area contributed by atoms with Crippen LogP contribution in [0.3, 0.4) is 0 Å². The van der Waals surface area contributed by atoms with Gasteiger partial charge >= 0.3 is 29.6 Å². The molecule has 0 spiro atoms. The average molecular weight is 451 g/mol. The van der Waals surface area contributed by atoms with Gasteiger partial charge in [0.1, 0.15) is 17.4 Å². The zero-order valence-electron chi connectivity index (χ0n) is 18.8. The van der Waals surface area contributed by atoms with Crippen molar-refractivity contribution in [1.82, 2.24) is 15.5 Å². The first-order valence-electron chi connectivity index (χ1n) is 10.1. The third-order valence-electron chi connectivity index (χ3n) is 5.12. The number of ether oxygens (including phenoxy) is 1. The Balaban J connectivity index is 0.00000363. The summed E-state index contributed by atoms with van der Waals surface area (Å²) in [5.74, 6) is -2.88.